The summed E-state index contributed by atoms with van der Waals surface area (Å²) in [5, 5.41) is -0.302. The number of hydrogen-bond donors (Lipinski definition) is 0. The predicted molar refractivity (Wildman–Crippen MR) is 51.5 cm³/mol. The van der Waals surface area contributed by atoms with Gasteiger partial charge in [0.1, 0.15) is 0 Å². The second-order valence-electron chi connectivity index (χ2n) is 2.87. The Morgan fingerprint density at radius 2 is 1.67 bits per heavy atom. The number of carbonyl (C=O) groups is 1. The lowest BCUT2D eigenvalue weighted by atomic mass is 10.0. The molecule has 0 saturated carbocycles. The number of hydrogen-bond acceptors (Lipinski definition) is 1. The monoisotopic (exact) mass is 256 g/mol. The van der Waals surface area contributed by atoms with Crippen LogP contribution in [-0.2, 0) is 6.18 Å². The molecule has 6 heteroatoms. The van der Waals surface area contributed by atoms with Crippen molar-refractivity contribution in [3.05, 3.63) is 33.3 Å². The van der Waals surface area contributed by atoms with E-state index in [1.807, 2.05) is 0 Å². The highest BCUT2D eigenvalue weighted by atomic mass is 35.5. The molecule has 0 N–H and O–H groups in total. The molecule has 0 radical (unpaired) electrons. The van der Waals surface area contributed by atoms with E-state index in [1.165, 1.54) is 0 Å². The molecule has 0 spiro atoms. The summed E-state index contributed by atoms with van der Waals surface area (Å²) in [4.78, 5) is 11.0. The molecule has 0 aliphatic heterocycles. The van der Waals surface area contributed by atoms with Gasteiger partial charge in [0, 0.05) is 5.56 Å². The summed E-state index contributed by atoms with van der Waals surface area (Å²) < 4.78 is 37.4. The highest BCUT2D eigenvalue weighted by molar-refractivity contribution is 6.42. The molecule has 0 heterocycles. The Morgan fingerprint density at radius 1 is 1.20 bits per heavy atom. The van der Waals surface area contributed by atoms with Gasteiger partial charge in [0.05, 0.1) is 15.6 Å². The first kappa shape index (κ1) is 12.3. The molecule has 0 amide bonds. The maximum absolute atomic E-state index is 12.5. The molecule has 1 aromatic carbocycles. The van der Waals surface area contributed by atoms with Gasteiger partial charge in [-0.1, -0.05) is 23.2 Å². The van der Waals surface area contributed by atoms with E-state index in [0.717, 1.165) is 13.0 Å². The van der Waals surface area contributed by atoms with Gasteiger partial charge in [-0.25, -0.2) is 0 Å². The minimum absolute atomic E-state index is 0.0742. The molecule has 0 aromatic heterocycles. The SMILES string of the molecule is CC(=O)c1cc(Cl)c(Cl)cc1C(F)(F)F. The van der Waals surface area contributed by atoms with Crippen LogP contribution >= 0.6 is 23.2 Å². The molecule has 0 aliphatic carbocycles. The Bertz CT molecular complexity index is 413. The summed E-state index contributed by atoms with van der Waals surface area (Å²) in [6, 6.07) is 1.58. The van der Waals surface area contributed by atoms with Gasteiger partial charge in [-0.05, 0) is 19.1 Å². The van der Waals surface area contributed by atoms with Crippen LogP contribution < -0.4 is 0 Å². The highest BCUT2D eigenvalue weighted by Gasteiger charge is 2.35. The summed E-state index contributed by atoms with van der Waals surface area (Å²) in [6.07, 6.45) is -4.62. The van der Waals surface area contributed by atoms with Crippen molar-refractivity contribution in [1.29, 1.82) is 0 Å². The third-order valence-corrected chi connectivity index (χ3v) is 2.47. The van der Waals surface area contributed by atoms with E-state index in [2.05, 4.69) is 0 Å². The second-order valence-corrected chi connectivity index (χ2v) is 3.68. The van der Waals surface area contributed by atoms with E-state index in [9.17, 15) is 18.0 Å². The van der Waals surface area contributed by atoms with Crippen molar-refractivity contribution in [3.63, 3.8) is 0 Å². The molecule has 0 atom stereocenters. The molecule has 0 fully saturated rings. The zero-order chi connectivity index (χ0) is 11.8. The van der Waals surface area contributed by atoms with Crippen LogP contribution in [0.1, 0.15) is 22.8 Å². The van der Waals surface area contributed by atoms with Crippen molar-refractivity contribution in [2.24, 2.45) is 0 Å². The van der Waals surface area contributed by atoms with Gasteiger partial charge in [0.2, 0.25) is 0 Å². The van der Waals surface area contributed by atoms with Crippen molar-refractivity contribution < 1.29 is 18.0 Å². The molecule has 0 aliphatic rings. The van der Waals surface area contributed by atoms with Crippen molar-refractivity contribution in [2.75, 3.05) is 0 Å². The molecule has 82 valence electrons. The molecular weight excluding hydrogens is 252 g/mol. The average Bonchev–Trinajstić information content (AvgIpc) is 2.06. The lowest BCUT2D eigenvalue weighted by Gasteiger charge is -2.11. The molecular formula is C9H5Cl2F3O. The van der Waals surface area contributed by atoms with Crippen LogP contribution in [-0.4, -0.2) is 5.78 Å². The molecule has 1 nitrogen and oxygen atoms in total. The Labute approximate surface area is 93.8 Å². The Balaban J connectivity index is 3.49. The van der Waals surface area contributed by atoms with Crippen LogP contribution in [0.15, 0.2) is 12.1 Å². The normalized spacial score (nSPS) is 11.6. The Morgan fingerprint density at radius 3 is 2.07 bits per heavy atom. The number of carbonyl (C=O) groups excluding carboxylic acids is 1. The van der Waals surface area contributed by atoms with E-state index in [0.29, 0.717) is 6.07 Å². The summed E-state index contributed by atoms with van der Waals surface area (Å²) in [5.41, 5.74) is -1.54. The number of rotatable bonds is 1. The summed E-state index contributed by atoms with van der Waals surface area (Å²) in [6.45, 7) is 1.04. The minimum Gasteiger partial charge on any atom is -0.294 e. The average molecular weight is 257 g/mol. The van der Waals surface area contributed by atoms with Crippen LogP contribution in [0.2, 0.25) is 10.0 Å². The van der Waals surface area contributed by atoms with Crippen molar-refractivity contribution in [2.45, 2.75) is 13.1 Å². The predicted octanol–water partition coefficient (Wildman–Crippen LogP) is 4.21. The first-order chi connectivity index (χ1) is 6.73. The summed E-state index contributed by atoms with van der Waals surface area (Å²) >= 11 is 11.0. The van der Waals surface area contributed by atoms with Gasteiger partial charge in [0.25, 0.3) is 0 Å². The van der Waals surface area contributed by atoms with Crippen LogP contribution in [0.5, 0.6) is 0 Å². The lowest BCUT2D eigenvalue weighted by Crippen LogP contribution is -2.11. The van der Waals surface area contributed by atoms with E-state index >= 15 is 0 Å². The second kappa shape index (κ2) is 4.02. The van der Waals surface area contributed by atoms with Crippen LogP contribution in [0.25, 0.3) is 0 Å². The van der Waals surface area contributed by atoms with Gasteiger partial charge in [-0.2, -0.15) is 13.2 Å². The standard InChI is InChI=1S/C9H5Cl2F3O/c1-4(15)5-2-7(10)8(11)3-6(5)9(12,13)14/h2-3H,1H3. The molecule has 1 rings (SSSR count). The smallest absolute Gasteiger partial charge is 0.294 e. The van der Waals surface area contributed by atoms with E-state index in [1.54, 1.807) is 0 Å². The van der Waals surface area contributed by atoms with Crippen molar-refractivity contribution in [3.8, 4) is 0 Å². The molecule has 0 unspecified atom stereocenters. The first-order valence-electron chi connectivity index (χ1n) is 3.80. The quantitative estimate of drug-likeness (QED) is 0.688. The molecule has 15 heavy (non-hydrogen) atoms. The van der Waals surface area contributed by atoms with Gasteiger partial charge in [-0.15, -0.1) is 0 Å². The number of Topliss-reactive ketones (excluding diaryl/α,β-unsaturated/α-hetero) is 1. The minimum atomic E-state index is -4.62. The Hall–Kier alpha value is -0.740. The lowest BCUT2D eigenvalue weighted by molar-refractivity contribution is -0.137. The summed E-state index contributed by atoms with van der Waals surface area (Å²) in [5.74, 6) is -0.708. The van der Waals surface area contributed by atoms with Crippen LogP contribution in [0.3, 0.4) is 0 Å². The first-order valence-corrected chi connectivity index (χ1v) is 4.56. The summed E-state index contributed by atoms with van der Waals surface area (Å²) in [7, 11) is 0. The zero-order valence-corrected chi connectivity index (χ0v) is 8.96. The van der Waals surface area contributed by atoms with Crippen LogP contribution in [0.4, 0.5) is 13.2 Å². The van der Waals surface area contributed by atoms with E-state index in [-0.39, 0.29) is 10.0 Å². The number of halogens is 5. The van der Waals surface area contributed by atoms with Gasteiger partial charge >= 0.3 is 6.18 Å². The third-order valence-electron chi connectivity index (χ3n) is 1.75. The van der Waals surface area contributed by atoms with Gasteiger partial charge < -0.3 is 0 Å². The highest BCUT2D eigenvalue weighted by Crippen LogP contribution is 2.36. The maximum Gasteiger partial charge on any atom is 0.417 e. The molecule has 0 saturated heterocycles. The van der Waals surface area contributed by atoms with Gasteiger partial charge in [-0.3, -0.25) is 4.79 Å². The fraction of sp³-hybridized carbons (Fsp3) is 0.222. The number of ketones is 1. The van der Waals surface area contributed by atoms with E-state index in [4.69, 9.17) is 23.2 Å². The van der Waals surface area contributed by atoms with Crippen molar-refractivity contribution in [1.82, 2.24) is 0 Å². The molecule has 0 bridgehead atoms. The Kier molecular flexibility index (Phi) is 3.31. The topological polar surface area (TPSA) is 17.1 Å². The zero-order valence-electron chi connectivity index (χ0n) is 7.45. The maximum atomic E-state index is 12.5. The third kappa shape index (κ3) is 2.63. The number of alkyl halides is 3. The van der Waals surface area contributed by atoms with Gasteiger partial charge in [0.15, 0.2) is 5.78 Å². The fourth-order valence-electron chi connectivity index (χ4n) is 1.07. The molecule has 1 aromatic rings. The van der Waals surface area contributed by atoms with Crippen molar-refractivity contribution >= 4 is 29.0 Å². The fourth-order valence-corrected chi connectivity index (χ4v) is 1.40. The largest absolute Gasteiger partial charge is 0.417 e. The van der Waals surface area contributed by atoms with E-state index < -0.39 is 23.1 Å². The number of benzene rings is 1. The van der Waals surface area contributed by atoms with Crippen LogP contribution in [0, 0.1) is 0 Å².